The van der Waals surface area contributed by atoms with Crippen molar-refractivity contribution in [3.63, 3.8) is 0 Å². The molecule has 7 heteroatoms. The highest BCUT2D eigenvalue weighted by atomic mass is 35.5. The Hall–Kier alpha value is -1.53. The molecule has 0 unspecified atom stereocenters. The van der Waals surface area contributed by atoms with Crippen molar-refractivity contribution in [2.75, 3.05) is 0 Å². The Morgan fingerprint density at radius 3 is 2.88 bits per heavy atom. The lowest BCUT2D eigenvalue weighted by Crippen LogP contribution is -2.32. The van der Waals surface area contributed by atoms with Crippen molar-refractivity contribution in [1.82, 2.24) is 9.55 Å². The van der Waals surface area contributed by atoms with Gasteiger partial charge in [0.2, 0.25) is 0 Å². The van der Waals surface area contributed by atoms with E-state index in [4.69, 9.17) is 16.3 Å². The van der Waals surface area contributed by atoms with E-state index in [0.29, 0.717) is 0 Å². The third kappa shape index (κ3) is 1.77. The van der Waals surface area contributed by atoms with Gasteiger partial charge in [-0.2, -0.15) is 0 Å². The van der Waals surface area contributed by atoms with Crippen molar-refractivity contribution in [2.45, 2.75) is 18.8 Å². The highest BCUT2D eigenvalue weighted by Crippen LogP contribution is 2.29. The first-order chi connectivity index (χ1) is 7.49. The Kier molecular flexibility index (Phi) is 2.61. The zero-order chi connectivity index (χ0) is 11.9. The predicted octanol–water partition coefficient (Wildman–Crippen LogP) is -0.0165. The van der Waals surface area contributed by atoms with Crippen LogP contribution in [0.2, 0.25) is 5.02 Å². The first-order valence-electron chi connectivity index (χ1n) is 4.53. The molecule has 2 atom stereocenters. The summed E-state index contributed by atoms with van der Waals surface area (Å²) in [5.41, 5.74) is -1.29. The number of halogens is 1. The first-order valence-corrected chi connectivity index (χ1v) is 4.91. The lowest BCUT2D eigenvalue weighted by Gasteiger charge is -2.12. The number of rotatable bonds is 1. The Labute approximate surface area is 94.7 Å². The maximum absolute atomic E-state index is 11.5. The minimum Gasteiger partial charge on any atom is -0.472 e. The van der Waals surface area contributed by atoms with Gasteiger partial charge in [-0.25, -0.2) is 4.79 Å². The van der Waals surface area contributed by atoms with E-state index < -0.39 is 23.6 Å². The van der Waals surface area contributed by atoms with Crippen molar-refractivity contribution < 1.29 is 9.84 Å². The van der Waals surface area contributed by atoms with E-state index in [0.717, 1.165) is 4.57 Å². The maximum atomic E-state index is 11.5. The van der Waals surface area contributed by atoms with Gasteiger partial charge in [0.15, 0.2) is 6.23 Å². The van der Waals surface area contributed by atoms with Crippen molar-refractivity contribution >= 4 is 11.6 Å². The third-order valence-corrected chi connectivity index (χ3v) is 2.59. The topological polar surface area (TPSA) is 84.3 Å². The van der Waals surface area contributed by atoms with Crippen LogP contribution in [-0.2, 0) is 4.74 Å². The van der Waals surface area contributed by atoms with Gasteiger partial charge in [-0.15, -0.1) is 0 Å². The summed E-state index contributed by atoms with van der Waals surface area (Å²) in [5.74, 6) is 0.194. The molecule has 1 saturated heterocycles. The summed E-state index contributed by atoms with van der Waals surface area (Å²) < 4.78 is 6.29. The van der Waals surface area contributed by atoms with E-state index in [1.165, 1.54) is 6.20 Å². The van der Waals surface area contributed by atoms with Crippen molar-refractivity contribution in [1.29, 1.82) is 0 Å². The molecule has 2 rings (SSSR count). The van der Waals surface area contributed by atoms with E-state index in [1.807, 2.05) is 4.98 Å². The largest absolute Gasteiger partial charge is 0.472 e. The zero-order valence-electron chi connectivity index (χ0n) is 8.14. The summed E-state index contributed by atoms with van der Waals surface area (Å²) in [7, 11) is 0. The molecule has 0 spiro atoms. The molecule has 0 bridgehead atoms. The second kappa shape index (κ2) is 3.80. The SMILES string of the molecule is C=C1O[C@@H](n2cc(Cl)c(=O)[nH]c2=O)C[C@@H]1O. The number of ether oxygens (including phenoxy) is 1. The first kappa shape index (κ1) is 11.0. The van der Waals surface area contributed by atoms with E-state index >= 15 is 0 Å². The molecule has 2 N–H and O–H groups in total. The monoisotopic (exact) mass is 244 g/mol. The quantitative estimate of drug-likeness (QED) is 0.727. The van der Waals surface area contributed by atoms with E-state index in [2.05, 4.69) is 6.58 Å². The van der Waals surface area contributed by atoms with Crippen LogP contribution in [0.3, 0.4) is 0 Å². The number of aliphatic hydroxyl groups excluding tert-OH is 1. The van der Waals surface area contributed by atoms with Crippen LogP contribution in [0.4, 0.5) is 0 Å². The number of hydrogen-bond donors (Lipinski definition) is 2. The molecule has 1 fully saturated rings. The van der Waals surface area contributed by atoms with Crippen LogP contribution < -0.4 is 11.2 Å². The van der Waals surface area contributed by atoms with Crippen LogP contribution in [0.25, 0.3) is 0 Å². The average molecular weight is 245 g/mol. The van der Waals surface area contributed by atoms with Crippen LogP contribution in [0.15, 0.2) is 28.1 Å². The lowest BCUT2D eigenvalue weighted by molar-refractivity contribution is 0.0934. The highest BCUT2D eigenvalue weighted by molar-refractivity contribution is 6.30. The van der Waals surface area contributed by atoms with Gasteiger partial charge in [-0.1, -0.05) is 18.2 Å². The molecule has 0 aliphatic carbocycles. The molecule has 1 aromatic heterocycles. The summed E-state index contributed by atoms with van der Waals surface area (Å²) >= 11 is 5.59. The number of aromatic amines is 1. The average Bonchev–Trinajstić information content (AvgIpc) is 2.53. The number of hydrogen-bond acceptors (Lipinski definition) is 4. The maximum Gasteiger partial charge on any atom is 0.331 e. The van der Waals surface area contributed by atoms with Crippen LogP contribution in [0.5, 0.6) is 0 Å². The van der Waals surface area contributed by atoms with Crippen LogP contribution in [0, 0.1) is 0 Å². The normalized spacial score (nSPS) is 24.5. The minimum absolute atomic E-state index is 0.116. The molecule has 16 heavy (non-hydrogen) atoms. The van der Waals surface area contributed by atoms with E-state index in [1.54, 1.807) is 0 Å². The number of nitrogens with zero attached hydrogens (tertiary/aromatic N) is 1. The van der Waals surface area contributed by atoms with Gasteiger partial charge in [0, 0.05) is 12.6 Å². The van der Waals surface area contributed by atoms with Gasteiger partial charge in [-0.05, 0) is 0 Å². The molecule has 0 amide bonds. The van der Waals surface area contributed by atoms with Gasteiger partial charge in [-0.3, -0.25) is 14.3 Å². The second-order valence-corrected chi connectivity index (χ2v) is 3.84. The summed E-state index contributed by atoms with van der Waals surface area (Å²) in [5, 5.41) is 9.28. The minimum atomic E-state index is -0.817. The molecule has 2 heterocycles. The molecule has 6 nitrogen and oxygen atoms in total. The van der Waals surface area contributed by atoms with E-state index in [9.17, 15) is 14.7 Å². The van der Waals surface area contributed by atoms with Crippen molar-refractivity contribution in [3.8, 4) is 0 Å². The van der Waals surface area contributed by atoms with Gasteiger partial charge in [0.25, 0.3) is 5.56 Å². The smallest absolute Gasteiger partial charge is 0.331 e. The lowest BCUT2D eigenvalue weighted by atomic mass is 10.2. The second-order valence-electron chi connectivity index (χ2n) is 3.43. The molecule has 1 aromatic rings. The highest BCUT2D eigenvalue weighted by Gasteiger charge is 2.30. The van der Waals surface area contributed by atoms with Gasteiger partial charge < -0.3 is 9.84 Å². The third-order valence-electron chi connectivity index (χ3n) is 2.32. The zero-order valence-corrected chi connectivity index (χ0v) is 8.90. The van der Waals surface area contributed by atoms with Crippen LogP contribution >= 0.6 is 11.6 Å². The fraction of sp³-hybridized carbons (Fsp3) is 0.333. The molecule has 0 radical (unpaired) electrons. The predicted molar refractivity (Wildman–Crippen MR) is 56.2 cm³/mol. The van der Waals surface area contributed by atoms with Gasteiger partial charge >= 0.3 is 5.69 Å². The molecule has 1 aliphatic rings. The van der Waals surface area contributed by atoms with E-state index in [-0.39, 0.29) is 17.2 Å². The fourth-order valence-electron chi connectivity index (χ4n) is 1.47. The van der Waals surface area contributed by atoms with Crippen molar-refractivity contribution in [2.24, 2.45) is 0 Å². The molecule has 86 valence electrons. The number of H-pyrrole nitrogens is 1. The molecule has 0 aromatic carbocycles. The number of nitrogens with one attached hydrogen (secondary N) is 1. The van der Waals surface area contributed by atoms with Crippen LogP contribution in [0.1, 0.15) is 12.6 Å². The Balaban J connectivity index is 2.43. The Morgan fingerprint density at radius 1 is 1.62 bits per heavy atom. The number of aliphatic hydroxyl groups is 1. The Morgan fingerprint density at radius 2 is 2.31 bits per heavy atom. The van der Waals surface area contributed by atoms with Gasteiger partial charge in [0.05, 0.1) is 0 Å². The summed E-state index contributed by atoms with van der Waals surface area (Å²) in [6.45, 7) is 3.49. The molecular weight excluding hydrogens is 236 g/mol. The summed E-state index contributed by atoms with van der Waals surface area (Å²) in [4.78, 5) is 24.5. The van der Waals surface area contributed by atoms with Gasteiger partial charge in [0.1, 0.15) is 16.9 Å². The van der Waals surface area contributed by atoms with Crippen molar-refractivity contribution in [3.05, 3.63) is 44.4 Å². The number of aromatic nitrogens is 2. The fourth-order valence-corrected chi connectivity index (χ4v) is 1.62. The van der Waals surface area contributed by atoms with Crippen LogP contribution in [-0.4, -0.2) is 20.8 Å². The summed E-state index contributed by atoms with van der Waals surface area (Å²) in [6, 6.07) is 0. The summed E-state index contributed by atoms with van der Waals surface area (Å²) in [6.07, 6.45) is -0.133. The molecular formula is C9H9ClN2O4. The molecule has 1 aliphatic heterocycles. The Bertz CT molecular complexity index is 547. The standard InChI is InChI=1S/C9H9ClN2O4/c1-4-6(13)2-7(16-4)12-3-5(10)8(14)11-9(12)15/h3,6-7,13H,1-2H2,(H,11,14,15)/t6-,7+/m0/s1. The molecule has 0 saturated carbocycles.